The quantitative estimate of drug-likeness (QED) is 0.710. The lowest BCUT2D eigenvalue weighted by molar-refractivity contribution is -0.118. The molecule has 1 atom stereocenters. The van der Waals surface area contributed by atoms with Crippen molar-refractivity contribution in [2.24, 2.45) is 11.7 Å². The zero-order valence-electron chi connectivity index (χ0n) is 16.1. The van der Waals surface area contributed by atoms with Crippen LogP contribution in [0.3, 0.4) is 0 Å². The maximum absolute atomic E-state index is 12.5. The molecule has 28 heavy (non-hydrogen) atoms. The summed E-state index contributed by atoms with van der Waals surface area (Å²) in [6.45, 7) is 0. The lowest BCUT2D eigenvalue weighted by Crippen LogP contribution is -2.42. The first-order valence-electron chi connectivity index (χ1n) is 9.69. The molecule has 1 aliphatic carbocycles. The second-order valence-corrected chi connectivity index (χ2v) is 7.18. The largest absolute Gasteiger partial charge is 0.497 e. The fraction of sp³-hybridized carbons (Fsp3) is 0.364. The molecule has 3 rings (SSSR count). The van der Waals surface area contributed by atoms with E-state index in [1.54, 1.807) is 55.6 Å². The third-order valence-corrected chi connectivity index (χ3v) is 5.18. The summed E-state index contributed by atoms with van der Waals surface area (Å²) in [5, 5.41) is 5.68. The normalized spacial score (nSPS) is 15.5. The van der Waals surface area contributed by atoms with Crippen molar-refractivity contribution in [3.8, 4) is 5.75 Å². The van der Waals surface area contributed by atoms with Crippen LogP contribution < -0.4 is 21.1 Å². The summed E-state index contributed by atoms with van der Waals surface area (Å²) in [6.07, 6.45) is 5.47. The van der Waals surface area contributed by atoms with Crippen molar-refractivity contribution in [3.63, 3.8) is 0 Å². The Morgan fingerprint density at radius 3 is 2.39 bits per heavy atom. The molecular formula is C22H27N3O3. The van der Waals surface area contributed by atoms with Gasteiger partial charge in [0.25, 0.3) is 5.91 Å². The Kier molecular flexibility index (Phi) is 6.66. The molecule has 0 aromatic heterocycles. The number of benzene rings is 2. The van der Waals surface area contributed by atoms with Crippen molar-refractivity contribution in [2.45, 2.75) is 38.1 Å². The molecule has 148 valence electrons. The molecule has 2 aromatic carbocycles. The lowest BCUT2D eigenvalue weighted by atomic mass is 9.84. The molecule has 2 amide bonds. The van der Waals surface area contributed by atoms with E-state index in [-0.39, 0.29) is 17.7 Å². The number of anilines is 2. The Morgan fingerprint density at radius 1 is 1.00 bits per heavy atom. The second-order valence-electron chi connectivity index (χ2n) is 7.18. The molecular weight excluding hydrogens is 354 g/mol. The predicted molar refractivity (Wildman–Crippen MR) is 111 cm³/mol. The summed E-state index contributed by atoms with van der Waals surface area (Å²) in [4.78, 5) is 25.0. The molecule has 0 saturated heterocycles. The standard InChI is InChI=1S/C22H27N3O3/c1-28-19-12-6-11-18(14-19)24-21(26)16-9-5-10-17(13-16)25-22(27)20(23)15-7-3-2-4-8-15/h5-6,9-15,20H,2-4,7-8,23H2,1H3,(H,24,26)(H,25,27)/t20-/m1/s1. The zero-order valence-corrected chi connectivity index (χ0v) is 16.1. The monoisotopic (exact) mass is 381 g/mol. The Balaban J connectivity index is 1.64. The van der Waals surface area contributed by atoms with Gasteiger partial charge >= 0.3 is 0 Å². The van der Waals surface area contributed by atoms with Gasteiger partial charge in [-0.2, -0.15) is 0 Å². The van der Waals surface area contributed by atoms with Crippen LogP contribution in [-0.4, -0.2) is 25.0 Å². The van der Waals surface area contributed by atoms with Crippen LogP contribution in [0.15, 0.2) is 48.5 Å². The van der Waals surface area contributed by atoms with Crippen molar-refractivity contribution in [1.29, 1.82) is 0 Å². The second kappa shape index (κ2) is 9.37. The molecule has 4 N–H and O–H groups in total. The molecule has 0 radical (unpaired) electrons. The number of nitrogens with one attached hydrogen (secondary N) is 2. The minimum atomic E-state index is -0.519. The topological polar surface area (TPSA) is 93.5 Å². The summed E-state index contributed by atoms with van der Waals surface area (Å²) in [5.74, 6) is 0.432. The molecule has 6 nitrogen and oxygen atoms in total. The van der Waals surface area contributed by atoms with E-state index < -0.39 is 6.04 Å². The van der Waals surface area contributed by atoms with E-state index in [0.29, 0.717) is 22.7 Å². The van der Waals surface area contributed by atoms with Crippen LogP contribution in [0.5, 0.6) is 5.75 Å². The number of hydrogen-bond acceptors (Lipinski definition) is 4. The van der Waals surface area contributed by atoms with Crippen molar-refractivity contribution in [3.05, 3.63) is 54.1 Å². The van der Waals surface area contributed by atoms with Gasteiger partial charge in [-0.15, -0.1) is 0 Å². The number of hydrogen-bond donors (Lipinski definition) is 3. The van der Waals surface area contributed by atoms with Gasteiger partial charge in [-0.3, -0.25) is 9.59 Å². The van der Waals surface area contributed by atoms with E-state index in [4.69, 9.17) is 10.5 Å². The number of amides is 2. The van der Waals surface area contributed by atoms with Gasteiger partial charge in [0.2, 0.25) is 5.91 Å². The van der Waals surface area contributed by atoms with Crippen LogP contribution in [-0.2, 0) is 4.79 Å². The van der Waals surface area contributed by atoms with Gasteiger partial charge in [0.15, 0.2) is 0 Å². The summed E-state index contributed by atoms with van der Waals surface area (Å²) in [6, 6.07) is 13.5. The highest BCUT2D eigenvalue weighted by Crippen LogP contribution is 2.26. The molecule has 0 aliphatic heterocycles. The van der Waals surface area contributed by atoms with Crippen molar-refractivity contribution >= 4 is 23.2 Å². The first-order chi connectivity index (χ1) is 13.6. The summed E-state index contributed by atoms with van der Waals surface area (Å²) >= 11 is 0. The third kappa shape index (κ3) is 5.10. The number of methoxy groups -OCH3 is 1. The first-order valence-corrected chi connectivity index (χ1v) is 9.69. The van der Waals surface area contributed by atoms with E-state index in [1.165, 1.54) is 6.42 Å². The SMILES string of the molecule is COc1cccc(NC(=O)c2cccc(NC(=O)[C@H](N)C3CCCCC3)c2)c1. The number of carbonyl (C=O) groups excluding carboxylic acids is 2. The fourth-order valence-electron chi connectivity index (χ4n) is 3.58. The zero-order chi connectivity index (χ0) is 19.9. The van der Waals surface area contributed by atoms with E-state index in [0.717, 1.165) is 25.7 Å². The molecule has 0 bridgehead atoms. The van der Waals surface area contributed by atoms with Crippen LogP contribution in [0.2, 0.25) is 0 Å². The number of rotatable bonds is 6. The Morgan fingerprint density at radius 2 is 1.68 bits per heavy atom. The van der Waals surface area contributed by atoms with E-state index >= 15 is 0 Å². The third-order valence-electron chi connectivity index (χ3n) is 5.18. The minimum Gasteiger partial charge on any atom is -0.497 e. The van der Waals surface area contributed by atoms with Gasteiger partial charge in [0, 0.05) is 23.0 Å². The molecule has 0 spiro atoms. The van der Waals surface area contributed by atoms with Crippen molar-refractivity contribution in [1.82, 2.24) is 0 Å². The first kappa shape index (κ1) is 19.9. The van der Waals surface area contributed by atoms with E-state index in [2.05, 4.69) is 10.6 Å². The summed E-state index contributed by atoms with van der Waals surface area (Å²) in [5.41, 5.74) is 7.82. The molecule has 1 saturated carbocycles. The van der Waals surface area contributed by atoms with Gasteiger partial charge in [0.1, 0.15) is 5.75 Å². The average molecular weight is 381 g/mol. The molecule has 6 heteroatoms. The van der Waals surface area contributed by atoms with E-state index in [1.807, 2.05) is 0 Å². The molecule has 0 unspecified atom stereocenters. The highest BCUT2D eigenvalue weighted by Gasteiger charge is 2.26. The van der Waals surface area contributed by atoms with Crippen LogP contribution in [0.25, 0.3) is 0 Å². The van der Waals surface area contributed by atoms with Gasteiger partial charge in [-0.1, -0.05) is 31.4 Å². The highest BCUT2D eigenvalue weighted by atomic mass is 16.5. The van der Waals surface area contributed by atoms with E-state index in [9.17, 15) is 9.59 Å². The minimum absolute atomic E-state index is 0.197. The van der Waals surface area contributed by atoms with Crippen LogP contribution >= 0.6 is 0 Å². The number of nitrogens with two attached hydrogens (primary N) is 1. The van der Waals surface area contributed by atoms with Crippen molar-refractivity contribution in [2.75, 3.05) is 17.7 Å². The Hall–Kier alpha value is -2.86. The van der Waals surface area contributed by atoms with Crippen LogP contribution in [0.4, 0.5) is 11.4 Å². The summed E-state index contributed by atoms with van der Waals surface area (Å²) < 4.78 is 5.17. The summed E-state index contributed by atoms with van der Waals surface area (Å²) in [7, 11) is 1.57. The predicted octanol–water partition coefficient (Wildman–Crippen LogP) is 3.79. The van der Waals surface area contributed by atoms with Gasteiger partial charge in [-0.25, -0.2) is 0 Å². The lowest BCUT2D eigenvalue weighted by Gasteiger charge is -2.26. The molecule has 0 heterocycles. The van der Waals surface area contributed by atoms with Gasteiger partial charge in [-0.05, 0) is 49.1 Å². The van der Waals surface area contributed by atoms with Crippen LogP contribution in [0.1, 0.15) is 42.5 Å². The maximum atomic E-state index is 12.5. The number of carbonyl (C=O) groups is 2. The van der Waals surface area contributed by atoms with Gasteiger partial charge in [0.05, 0.1) is 13.2 Å². The molecule has 1 aliphatic rings. The maximum Gasteiger partial charge on any atom is 0.255 e. The highest BCUT2D eigenvalue weighted by molar-refractivity contribution is 6.05. The van der Waals surface area contributed by atoms with Crippen LogP contribution in [0, 0.1) is 5.92 Å². The Labute approximate surface area is 165 Å². The number of ether oxygens (including phenoxy) is 1. The molecule has 1 fully saturated rings. The Bertz CT molecular complexity index is 831. The van der Waals surface area contributed by atoms with Gasteiger partial charge < -0.3 is 21.1 Å². The fourth-order valence-corrected chi connectivity index (χ4v) is 3.58. The van der Waals surface area contributed by atoms with Crippen molar-refractivity contribution < 1.29 is 14.3 Å². The average Bonchev–Trinajstić information content (AvgIpc) is 2.74. The smallest absolute Gasteiger partial charge is 0.255 e. The molecule has 2 aromatic rings.